The first-order valence-electron chi connectivity index (χ1n) is 28.8. The molecule has 2 aromatic heterocycles. The first-order valence-corrected chi connectivity index (χ1v) is 28.8. The van der Waals surface area contributed by atoms with Crippen molar-refractivity contribution in [2.24, 2.45) is 0 Å². The molecule has 12 aromatic carbocycles. The highest BCUT2D eigenvalue weighted by molar-refractivity contribution is 6.12. The lowest BCUT2D eigenvalue weighted by atomic mass is 9.79. The van der Waals surface area contributed by atoms with Crippen molar-refractivity contribution >= 4 is 55.3 Å². The van der Waals surface area contributed by atoms with Gasteiger partial charge < -0.3 is 9.13 Å². The van der Waals surface area contributed by atoms with Gasteiger partial charge in [0.15, 0.2) is 0 Å². The molecule has 2 aliphatic rings. The van der Waals surface area contributed by atoms with Crippen molar-refractivity contribution < 1.29 is 0 Å². The summed E-state index contributed by atoms with van der Waals surface area (Å²) in [5.41, 5.74) is 29.9. The van der Waals surface area contributed by atoms with Gasteiger partial charge in [-0.3, -0.25) is 0 Å². The van der Waals surface area contributed by atoms with Crippen LogP contribution in [0.15, 0.2) is 273 Å². The molecule has 0 saturated heterocycles. The van der Waals surface area contributed by atoms with E-state index in [1.807, 2.05) is 0 Å². The maximum Gasteiger partial charge on any atom is 0.0541 e. The Hall–Kier alpha value is -10.0. The predicted octanol–water partition coefficient (Wildman–Crippen LogP) is 21.1. The minimum atomic E-state index is -0.180. The van der Waals surface area contributed by atoms with E-state index in [0.29, 0.717) is 0 Å². The van der Waals surface area contributed by atoms with Gasteiger partial charge in [-0.15, -0.1) is 0 Å². The summed E-state index contributed by atoms with van der Waals surface area (Å²) in [6, 6.07) is 102. The van der Waals surface area contributed by atoms with E-state index in [-0.39, 0.29) is 10.8 Å². The van der Waals surface area contributed by atoms with Crippen LogP contribution in [0.5, 0.6) is 0 Å². The summed E-state index contributed by atoms with van der Waals surface area (Å²) in [5, 5.41) is 5.04. The number of benzene rings is 12. The van der Waals surface area contributed by atoms with Crippen molar-refractivity contribution in [2.45, 2.75) is 38.5 Å². The Labute approximate surface area is 479 Å². The molecule has 0 fully saturated rings. The third-order valence-electron chi connectivity index (χ3n) is 18.3. The van der Waals surface area contributed by atoms with Crippen molar-refractivity contribution in [2.75, 3.05) is 0 Å². The maximum atomic E-state index is 2.47. The Bertz CT molecular complexity index is 4930. The average molecular weight is 1050 g/mol. The molecule has 82 heavy (non-hydrogen) atoms. The fourth-order valence-corrected chi connectivity index (χ4v) is 14.1. The molecule has 0 saturated carbocycles. The summed E-state index contributed by atoms with van der Waals surface area (Å²) in [5.74, 6) is 0. The van der Waals surface area contributed by atoms with Crippen molar-refractivity contribution in [1.82, 2.24) is 9.13 Å². The zero-order valence-corrected chi connectivity index (χ0v) is 46.5. The van der Waals surface area contributed by atoms with Gasteiger partial charge >= 0.3 is 0 Å². The molecule has 0 atom stereocenters. The number of fused-ring (bicyclic) bond motifs is 12. The molecule has 16 rings (SSSR count). The molecular weight excluding hydrogens is 989 g/mol. The number of rotatable bonds is 8. The van der Waals surface area contributed by atoms with Crippen LogP contribution in [0.1, 0.15) is 66.6 Å². The fraction of sp³-hybridized carbons (Fsp3) is 0.0750. The summed E-state index contributed by atoms with van der Waals surface area (Å²) >= 11 is 0. The SMILES string of the molecule is CC1(C)c2cc(-c3ccc(/C=C(\c4ccccc4)c4ccc5c(c4)c4ccccc4n5-c4ccccc4)cc3)ccc2-c2ccc(-c3ccc4c(c3)C(C)(C)c3cc(-c5ccc6c(c5)c5ccccc5n6-c5ccccc5)ccc3-4)cc21. The van der Waals surface area contributed by atoms with Gasteiger partial charge in [0, 0.05) is 43.7 Å². The Kier molecular flexibility index (Phi) is 10.7. The van der Waals surface area contributed by atoms with Gasteiger partial charge in [-0.2, -0.15) is 0 Å². The van der Waals surface area contributed by atoms with Crippen LogP contribution in [0.3, 0.4) is 0 Å². The molecule has 2 aliphatic carbocycles. The summed E-state index contributed by atoms with van der Waals surface area (Å²) in [7, 11) is 0. The van der Waals surface area contributed by atoms with E-state index in [9.17, 15) is 0 Å². The lowest BCUT2D eigenvalue weighted by Crippen LogP contribution is -2.15. The molecule has 388 valence electrons. The van der Waals surface area contributed by atoms with Crippen LogP contribution in [0, 0.1) is 0 Å². The normalized spacial score (nSPS) is 13.9. The minimum absolute atomic E-state index is 0.174. The van der Waals surface area contributed by atoms with Crippen LogP contribution < -0.4 is 0 Å². The van der Waals surface area contributed by atoms with E-state index in [2.05, 4.69) is 316 Å². The summed E-state index contributed by atoms with van der Waals surface area (Å²) < 4.78 is 4.77. The van der Waals surface area contributed by atoms with E-state index >= 15 is 0 Å². The highest BCUT2D eigenvalue weighted by atomic mass is 15.0. The second-order valence-corrected chi connectivity index (χ2v) is 23.7. The lowest BCUT2D eigenvalue weighted by Gasteiger charge is -2.24. The Balaban J connectivity index is 0.683. The summed E-state index contributed by atoms with van der Waals surface area (Å²) in [6.07, 6.45) is 2.35. The van der Waals surface area contributed by atoms with E-state index in [4.69, 9.17) is 0 Å². The third-order valence-corrected chi connectivity index (χ3v) is 18.3. The van der Waals surface area contributed by atoms with Crippen LogP contribution in [-0.2, 0) is 10.8 Å². The van der Waals surface area contributed by atoms with Gasteiger partial charge in [0.2, 0.25) is 0 Å². The lowest BCUT2D eigenvalue weighted by molar-refractivity contribution is 0.660. The molecule has 0 bridgehead atoms. The van der Waals surface area contributed by atoms with Crippen molar-refractivity contribution in [3.8, 4) is 67.0 Å². The first-order chi connectivity index (χ1) is 40.2. The number of para-hydroxylation sites is 4. The highest BCUT2D eigenvalue weighted by Crippen LogP contribution is 2.53. The standard InChI is InChI=1S/C80H58N2/c1-79(2)71-47-55(52-30-28-51(29-31-52)44-68(53-18-8-5-9-19-53)59-37-43-78-70(46-59)67-25-15-17-27-76(67)82(78)61-22-12-7-13-23-61)32-38-62(71)64-40-34-57(49-73(64)79)58-35-41-65-63-39-33-56(48-72(63)80(3,4)74(65)50-58)54-36-42-77-69(45-54)66-24-14-16-26-75(66)81(77)60-20-10-6-11-21-60/h5-50H,1-4H3/b68-44+. The van der Waals surface area contributed by atoms with Crippen LogP contribution in [0.2, 0.25) is 0 Å². The molecule has 0 N–H and O–H groups in total. The van der Waals surface area contributed by atoms with E-state index in [1.165, 1.54) is 150 Å². The quantitative estimate of drug-likeness (QED) is 0.134. The number of nitrogens with zero attached hydrogens (tertiary/aromatic N) is 2. The van der Waals surface area contributed by atoms with E-state index < -0.39 is 0 Å². The van der Waals surface area contributed by atoms with Crippen LogP contribution in [0.4, 0.5) is 0 Å². The van der Waals surface area contributed by atoms with Crippen LogP contribution >= 0.6 is 0 Å². The summed E-state index contributed by atoms with van der Waals surface area (Å²) in [4.78, 5) is 0. The molecule has 0 unspecified atom stereocenters. The second-order valence-electron chi connectivity index (χ2n) is 23.7. The molecular formula is C80H58N2. The average Bonchev–Trinajstić information content (AvgIpc) is 4.23. The number of hydrogen-bond donors (Lipinski definition) is 0. The first kappa shape index (κ1) is 47.9. The zero-order chi connectivity index (χ0) is 54.8. The van der Waals surface area contributed by atoms with Crippen LogP contribution in [0.25, 0.3) is 122 Å². The van der Waals surface area contributed by atoms with Gasteiger partial charge in [-0.1, -0.05) is 216 Å². The monoisotopic (exact) mass is 1050 g/mol. The maximum absolute atomic E-state index is 2.47. The Morgan fingerprint density at radius 2 is 0.634 bits per heavy atom. The largest absolute Gasteiger partial charge is 0.309 e. The fourth-order valence-electron chi connectivity index (χ4n) is 14.1. The van der Waals surface area contributed by atoms with E-state index in [0.717, 1.165) is 5.56 Å². The summed E-state index contributed by atoms with van der Waals surface area (Å²) in [6.45, 7) is 9.62. The number of aromatic nitrogens is 2. The minimum Gasteiger partial charge on any atom is -0.309 e. The molecule has 2 heteroatoms. The van der Waals surface area contributed by atoms with E-state index in [1.54, 1.807) is 0 Å². The van der Waals surface area contributed by atoms with Crippen molar-refractivity contribution in [1.29, 1.82) is 0 Å². The molecule has 0 spiro atoms. The Morgan fingerprint density at radius 1 is 0.280 bits per heavy atom. The highest BCUT2D eigenvalue weighted by Gasteiger charge is 2.38. The molecule has 0 aliphatic heterocycles. The molecule has 0 radical (unpaired) electrons. The smallest absolute Gasteiger partial charge is 0.0541 e. The zero-order valence-electron chi connectivity index (χ0n) is 46.5. The van der Waals surface area contributed by atoms with Gasteiger partial charge in [0.25, 0.3) is 0 Å². The number of hydrogen-bond acceptors (Lipinski definition) is 0. The topological polar surface area (TPSA) is 9.86 Å². The van der Waals surface area contributed by atoms with Gasteiger partial charge in [0.05, 0.1) is 22.1 Å². The Morgan fingerprint density at radius 3 is 1.11 bits per heavy atom. The molecule has 2 nitrogen and oxygen atoms in total. The van der Waals surface area contributed by atoms with Crippen molar-refractivity contribution in [3.05, 3.63) is 312 Å². The van der Waals surface area contributed by atoms with Gasteiger partial charge in [-0.05, 0) is 191 Å². The predicted molar refractivity (Wildman–Crippen MR) is 346 cm³/mol. The second kappa shape index (κ2) is 18.3. The van der Waals surface area contributed by atoms with Gasteiger partial charge in [0.1, 0.15) is 0 Å². The molecule has 2 heterocycles. The van der Waals surface area contributed by atoms with Gasteiger partial charge in [-0.25, -0.2) is 0 Å². The van der Waals surface area contributed by atoms with Crippen LogP contribution in [-0.4, -0.2) is 9.13 Å². The molecule has 0 amide bonds. The molecule has 14 aromatic rings. The van der Waals surface area contributed by atoms with Crippen molar-refractivity contribution in [3.63, 3.8) is 0 Å². The third kappa shape index (κ3) is 7.41.